The van der Waals surface area contributed by atoms with Crippen molar-refractivity contribution in [1.82, 2.24) is 0 Å². The highest BCUT2D eigenvalue weighted by atomic mass is 32.2. The molecule has 0 radical (unpaired) electrons. The molecule has 1 aromatic carbocycles. The SMILES string of the molecule is COC(=O)c1c(SC)cccc1[N+](=O)[O-]. The van der Waals surface area contributed by atoms with Gasteiger partial charge in [0, 0.05) is 11.0 Å². The molecule has 0 amide bonds. The normalized spacial score (nSPS) is 9.73. The molecule has 15 heavy (non-hydrogen) atoms. The van der Waals surface area contributed by atoms with Gasteiger partial charge in [-0.2, -0.15) is 0 Å². The lowest BCUT2D eigenvalue weighted by molar-refractivity contribution is -0.385. The molecule has 0 aliphatic heterocycles. The van der Waals surface area contributed by atoms with Crippen molar-refractivity contribution >= 4 is 23.4 Å². The van der Waals surface area contributed by atoms with Crippen LogP contribution in [0.15, 0.2) is 23.1 Å². The molecule has 0 aliphatic carbocycles. The summed E-state index contributed by atoms with van der Waals surface area (Å²) in [6.45, 7) is 0. The van der Waals surface area contributed by atoms with Gasteiger partial charge in [0.25, 0.3) is 5.69 Å². The van der Waals surface area contributed by atoms with Gasteiger partial charge in [-0.25, -0.2) is 4.79 Å². The van der Waals surface area contributed by atoms with E-state index < -0.39 is 10.9 Å². The van der Waals surface area contributed by atoms with Crippen molar-refractivity contribution in [3.05, 3.63) is 33.9 Å². The maximum atomic E-state index is 11.4. The monoisotopic (exact) mass is 227 g/mol. The number of nitro benzene ring substituents is 1. The molecule has 0 spiro atoms. The average Bonchev–Trinajstić information content (AvgIpc) is 2.26. The summed E-state index contributed by atoms with van der Waals surface area (Å²) >= 11 is 1.27. The van der Waals surface area contributed by atoms with E-state index in [0.29, 0.717) is 4.90 Å². The van der Waals surface area contributed by atoms with Crippen LogP contribution in [0, 0.1) is 10.1 Å². The summed E-state index contributed by atoms with van der Waals surface area (Å²) in [5.41, 5.74) is -0.216. The number of carbonyl (C=O) groups is 1. The van der Waals surface area contributed by atoms with E-state index in [9.17, 15) is 14.9 Å². The fourth-order valence-corrected chi connectivity index (χ4v) is 1.76. The van der Waals surface area contributed by atoms with E-state index in [2.05, 4.69) is 4.74 Å². The van der Waals surface area contributed by atoms with Gasteiger partial charge in [-0.1, -0.05) is 6.07 Å². The minimum absolute atomic E-state index is 0.0116. The minimum atomic E-state index is -0.688. The van der Waals surface area contributed by atoms with Crippen molar-refractivity contribution in [2.45, 2.75) is 4.90 Å². The molecule has 0 fully saturated rings. The molecule has 0 heterocycles. The number of nitrogens with zero attached hydrogens (tertiary/aromatic N) is 1. The topological polar surface area (TPSA) is 69.4 Å². The maximum absolute atomic E-state index is 11.4. The van der Waals surface area contributed by atoms with Gasteiger partial charge in [0.2, 0.25) is 0 Å². The lowest BCUT2D eigenvalue weighted by Crippen LogP contribution is -2.07. The van der Waals surface area contributed by atoms with Crippen LogP contribution in [0.25, 0.3) is 0 Å². The Bertz CT molecular complexity index is 405. The van der Waals surface area contributed by atoms with Crippen LogP contribution >= 0.6 is 11.8 Å². The number of benzene rings is 1. The van der Waals surface area contributed by atoms with Crippen molar-refractivity contribution < 1.29 is 14.5 Å². The Labute approximate surface area is 90.6 Å². The highest BCUT2D eigenvalue weighted by Crippen LogP contribution is 2.28. The van der Waals surface area contributed by atoms with Gasteiger partial charge in [-0.3, -0.25) is 10.1 Å². The number of nitro groups is 1. The molecule has 80 valence electrons. The largest absolute Gasteiger partial charge is 0.465 e. The Morgan fingerprint density at radius 1 is 1.53 bits per heavy atom. The molecule has 1 aromatic rings. The van der Waals surface area contributed by atoms with E-state index in [4.69, 9.17) is 0 Å². The van der Waals surface area contributed by atoms with Gasteiger partial charge < -0.3 is 4.74 Å². The summed E-state index contributed by atoms with van der Waals surface area (Å²) < 4.78 is 4.51. The molecule has 6 heteroatoms. The molecule has 0 aromatic heterocycles. The first-order valence-corrected chi connectivity index (χ1v) is 5.24. The third-order valence-corrected chi connectivity index (χ3v) is 2.59. The van der Waals surface area contributed by atoms with Crippen LogP contribution in [0.2, 0.25) is 0 Å². The number of thioether (sulfide) groups is 1. The van der Waals surface area contributed by atoms with Gasteiger partial charge in [0.15, 0.2) is 5.56 Å². The van der Waals surface area contributed by atoms with Crippen LogP contribution in [0.5, 0.6) is 0 Å². The first-order valence-electron chi connectivity index (χ1n) is 4.01. The minimum Gasteiger partial charge on any atom is -0.465 e. The van der Waals surface area contributed by atoms with Crippen molar-refractivity contribution in [3.63, 3.8) is 0 Å². The zero-order chi connectivity index (χ0) is 11.4. The van der Waals surface area contributed by atoms with Crippen LogP contribution in [0.3, 0.4) is 0 Å². The number of esters is 1. The maximum Gasteiger partial charge on any atom is 0.346 e. The van der Waals surface area contributed by atoms with E-state index in [1.165, 1.54) is 31.0 Å². The highest BCUT2D eigenvalue weighted by Gasteiger charge is 2.23. The molecule has 0 bridgehead atoms. The fraction of sp³-hybridized carbons (Fsp3) is 0.222. The number of ether oxygens (including phenoxy) is 1. The second-order valence-corrected chi connectivity index (χ2v) is 3.45. The average molecular weight is 227 g/mol. The van der Waals surface area contributed by atoms with Gasteiger partial charge >= 0.3 is 5.97 Å². The smallest absolute Gasteiger partial charge is 0.346 e. The molecule has 0 aliphatic rings. The molecule has 1 rings (SSSR count). The van der Waals surface area contributed by atoms with Crippen LogP contribution in [0.4, 0.5) is 5.69 Å². The fourth-order valence-electron chi connectivity index (χ4n) is 1.15. The van der Waals surface area contributed by atoms with Gasteiger partial charge in [-0.05, 0) is 12.3 Å². The van der Waals surface area contributed by atoms with E-state index in [-0.39, 0.29) is 11.3 Å². The second-order valence-electron chi connectivity index (χ2n) is 2.60. The summed E-state index contributed by atoms with van der Waals surface area (Å²) in [7, 11) is 1.20. The molecular weight excluding hydrogens is 218 g/mol. The Balaban J connectivity index is 3.40. The summed E-state index contributed by atoms with van der Waals surface area (Å²) in [6, 6.07) is 4.46. The lowest BCUT2D eigenvalue weighted by atomic mass is 10.2. The van der Waals surface area contributed by atoms with Crippen LogP contribution in [-0.2, 0) is 4.74 Å². The number of hydrogen-bond donors (Lipinski definition) is 0. The van der Waals surface area contributed by atoms with E-state index >= 15 is 0 Å². The summed E-state index contributed by atoms with van der Waals surface area (Å²) in [6.07, 6.45) is 1.74. The Kier molecular flexibility index (Phi) is 3.68. The number of carbonyl (C=O) groups excluding carboxylic acids is 1. The number of methoxy groups -OCH3 is 1. The predicted molar refractivity (Wildman–Crippen MR) is 56.2 cm³/mol. The molecule has 0 saturated heterocycles. The zero-order valence-corrected chi connectivity index (χ0v) is 9.04. The van der Waals surface area contributed by atoms with E-state index in [1.807, 2.05) is 0 Å². The van der Waals surface area contributed by atoms with E-state index in [1.54, 1.807) is 12.3 Å². The van der Waals surface area contributed by atoms with Gasteiger partial charge in [0.1, 0.15) is 0 Å². The summed E-state index contributed by atoms with van der Waals surface area (Å²) in [5.74, 6) is -0.688. The van der Waals surface area contributed by atoms with Gasteiger partial charge in [-0.15, -0.1) is 11.8 Å². The van der Waals surface area contributed by atoms with Crippen LogP contribution in [0.1, 0.15) is 10.4 Å². The molecule has 0 N–H and O–H groups in total. The van der Waals surface area contributed by atoms with Gasteiger partial charge in [0.05, 0.1) is 12.0 Å². The Morgan fingerprint density at radius 3 is 2.67 bits per heavy atom. The third kappa shape index (κ3) is 2.27. The Morgan fingerprint density at radius 2 is 2.20 bits per heavy atom. The predicted octanol–water partition coefficient (Wildman–Crippen LogP) is 2.10. The molecule has 0 atom stereocenters. The Hall–Kier alpha value is -1.56. The number of rotatable bonds is 3. The highest BCUT2D eigenvalue weighted by molar-refractivity contribution is 7.98. The second kappa shape index (κ2) is 4.79. The quantitative estimate of drug-likeness (QED) is 0.342. The first-order chi connectivity index (χ1) is 7.11. The molecule has 0 unspecified atom stereocenters. The van der Waals surface area contributed by atoms with Crippen molar-refractivity contribution in [2.24, 2.45) is 0 Å². The van der Waals surface area contributed by atoms with E-state index in [0.717, 1.165) is 0 Å². The van der Waals surface area contributed by atoms with Crippen LogP contribution < -0.4 is 0 Å². The van der Waals surface area contributed by atoms with Crippen LogP contribution in [-0.4, -0.2) is 24.3 Å². The molecule has 5 nitrogen and oxygen atoms in total. The number of hydrogen-bond acceptors (Lipinski definition) is 5. The van der Waals surface area contributed by atoms with Crippen molar-refractivity contribution in [2.75, 3.05) is 13.4 Å². The van der Waals surface area contributed by atoms with Crippen molar-refractivity contribution in [3.8, 4) is 0 Å². The standard InChI is InChI=1S/C9H9NO4S/c1-14-9(11)8-6(10(12)13)4-3-5-7(8)15-2/h3-5H,1-2H3. The summed E-state index contributed by atoms with van der Waals surface area (Å²) in [4.78, 5) is 22.0. The zero-order valence-electron chi connectivity index (χ0n) is 8.22. The first kappa shape index (κ1) is 11.5. The molecule has 0 saturated carbocycles. The summed E-state index contributed by atoms with van der Waals surface area (Å²) in [5, 5.41) is 10.7. The lowest BCUT2D eigenvalue weighted by Gasteiger charge is -2.05. The van der Waals surface area contributed by atoms with Crippen molar-refractivity contribution in [1.29, 1.82) is 0 Å². The molecular formula is C9H9NO4S. The third-order valence-electron chi connectivity index (χ3n) is 1.81.